The molecule has 0 N–H and O–H groups in total. The van der Waals surface area contributed by atoms with Gasteiger partial charge in [-0.15, -0.1) is 0 Å². The van der Waals surface area contributed by atoms with Crippen LogP contribution in [0.4, 0.5) is 5.69 Å². The van der Waals surface area contributed by atoms with Gasteiger partial charge < -0.3 is 13.8 Å². The van der Waals surface area contributed by atoms with Crippen LogP contribution in [0.3, 0.4) is 0 Å². The molecule has 0 aliphatic carbocycles. The second-order valence-corrected chi connectivity index (χ2v) is 7.62. The van der Waals surface area contributed by atoms with Crippen LogP contribution in [0.2, 0.25) is 0 Å². The second kappa shape index (κ2) is 6.92. The maximum absolute atomic E-state index is 12.6. The van der Waals surface area contributed by atoms with Crippen molar-refractivity contribution in [1.82, 2.24) is 4.90 Å². The fourth-order valence-corrected chi connectivity index (χ4v) is 4.05. The first-order chi connectivity index (χ1) is 13.1. The van der Waals surface area contributed by atoms with Gasteiger partial charge in [0.1, 0.15) is 16.3 Å². The zero-order valence-electron chi connectivity index (χ0n) is 14.7. The molecule has 0 saturated heterocycles. The summed E-state index contributed by atoms with van der Waals surface area (Å²) in [4.78, 5) is 6.48. The van der Waals surface area contributed by atoms with Gasteiger partial charge in [-0.3, -0.25) is 0 Å². The van der Waals surface area contributed by atoms with E-state index in [1.807, 2.05) is 35.4 Å². The summed E-state index contributed by atoms with van der Waals surface area (Å²) < 4.78 is 35.7. The minimum Gasteiger partial charge on any atom is -0.497 e. The Kier molecular flexibility index (Phi) is 4.45. The molecule has 138 valence electrons. The van der Waals surface area contributed by atoms with Crippen molar-refractivity contribution >= 4 is 21.6 Å². The highest BCUT2D eigenvalue weighted by Crippen LogP contribution is 2.35. The molecule has 0 radical (unpaired) electrons. The molecule has 0 bridgehead atoms. The summed E-state index contributed by atoms with van der Waals surface area (Å²) in [7, 11) is -2.31. The molecule has 0 amide bonds. The number of fused-ring (bicyclic) bond motifs is 2. The minimum atomic E-state index is -3.94. The van der Waals surface area contributed by atoms with Gasteiger partial charge in [-0.25, -0.2) is 4.99 Å². The summed E-state index contributed by atoms with van der Waals surface area (Å²) >= 11 is 0. The Morgan fingerprint density at radius 3 is 2.67 bits per heavy atom. The second-order valence-electron chi connectivity index (χ2n) is 6.10. The summed E-state index contributed by atoms with van der Waals surface area (Å²) in [6.07, 6.45) is 5.77. The Bertz CT molecular complexity index is 1050. The van der Waals surface area contributed by atoms with Crippen molar-refractivity contribution in [1.29, 1.82) is 0 Å². The smallest absolute Gasteiger partial charge is 0.343 e. The van der Waals surface area contributed by atoms with Gasteiger partial charge in [0.25, 0.3) is 0 Å². The highest BCUT2D eigenvalue weighted by Gasteiger charge is 2.33. The van der Waals surface area contributed by atoms with Gasteiger partial charge in [0.05, 0.1) is 7.11 Å². The molecule has 2 aromatic rings. The largest absolute Gasteiger partial charge is 0.497 e. The Labute approximate surface area is 158 Å². The van der Waals surface area contributed by atoms with Gasteiger partial charge in [0.15, 0.2) is 11.6 Å². The molecule has 6 nitrogen and oxygen atoms in total. The molecule has 0 unspecified atom stereocenters. The lowest BCUT2D eigenvalue weighted by Gasteiger charge is -2.25. The van der Waals surface area contributed by atoms with Gasteiger partial charge >= 0.3 is 10.1 Å². The summed E-state index contributed by atoms with van der Waals surface area (Å²) in [5.41, 5.74) is 1.61. The van der Waals surface area contributed by atoms with Gasteiger partial charge in [0, 0.05) is 12.7 Å². The third-order valence-corrected chi connectivity index (χ3v) is 5.62. The number of amidine groups is 1. The number of hydrogen-bond donors (Lipinski definition) is 0. The predicted octanol–water partition coefficient (Wildman–Crippen LogP) is 3.40. The van der Waals surface area contributed by atoms with E-state index in [0.29, 0.717) is 18.1 Å². The van der Waals surface area contributed by atoms with Crippen molar-refractivity contribution in [2.75, 3.05) is 13.7 Å². The highest BCUT2D eigenvalue weighted by molar-refractivity contribution is 7.92. The minimum absolute atomic E-state index is 0.0657. The number of methoxy groups -OCH3 is 1. The first-order valence-electron chi connectivity index (χ1n) is 8.47. The third-order valence-electron chi connectivity index (χ3n) is 4.37. The van der Waals surface area contributed by atoms with Gasteiger partial charge in [0.2, 0.25) is 0 Å². The van der Waals surface area contributed by atoms with Gasteiger partial charge in [-0.05, 0) is 48.4 Å². The normalized spacial score (nSPS) is 17.0. The van der Waals surface area contributed by atoms with Gasteiger partial charge in [-0.1, -0.05) is 24.3 Å². The molecule has 7 heteroatoms. The molecule has 2 aliphatic heterocycles. The maximum Gasteiger partial charge on any atom is 0.343 e. The Balaban J connectivity index is 1.64. The third kappa shape index (κ3) is 3.46. The van der Waals surface area contributed by atoms with Crippen LogP contribution in [0.1, 0.15) is 5.56 Å². The lowest BCUT2D eigenvalue weighted by atomic mass is 10.1. The molecule has 0 saturated carbocycles. The molecule has 0 aromatic heterocycles. The predicted molar refractivity (Wildman–Crippen MR) is 104 cm³/mol. The van der Waals surface area contributed by atoms with Crippen LogP contribution >= 0.6 is 0 Å². The first kappa shape index (κ1) is 17.4. The molecule has 0 fully saturated rings. The van der Waals surface area contributed by atoms with E-state index >= 15 is 0 Å². The monoisotopic (exact) mass is 382 g/mol. The van der Waals surface area contributed by atoms with Crippen LogP contribution in [0.25, 0.3) is 0 Å². The Morgan fingerprint density at radius 1 is 1.11 bits per heavy atom. The van der Waals surface area contributed by atoms with Crippen molar-refractivity contribution in [2.45, 2.75) is 6.42 Å². The standard InChI is InChI=1S/C20H18N2O4S/c1-25-16-10-8-15(9-11-16)12-14-22-13-4-7-19-20(22)21-17-5-2-3-6-18(17)26-27(19,23)24/h2-11,13H,12,14H2,1H3. The first-order valence-corrected chi connectivity index (χ1v) is 9.88. The molecule has 2 aromatic carbocycles. The zero-order valence-corrected chi connectivity index (χ0v) is 15.5. The molecule has 0 atom stereocenters. The van der Waals surface area contributed by atoms with E-state index in [9.17, 15) is 8.42 Å². The number of hydrogen-bond acceptors (Lipinski definition) is 6. The van der Waals surface area contributed by atoms with E-state index in [4.69, 9.17) is 8.92 Å². The van der Waals surface area contributed by atoms with Crippen LogP contribution in [0, 0.1) is 0 Å². The highest BCUT2D eigenvalue weighted by atomic mass is 32.2. The van der Waals surface area contributed by atoms with Crippen LogP contribution in [0.15, 0.2) is 76.8 Å². The van der Waals surface area contributed by atoms with E-state index in [2.05, 4.69) is 4.99 Å². The van der Waals surface area contributed by atoms with E-state index in [1.54, 1.807) is 37.5 Å². The fraction of sp³-hybridized carbons (Fsp3) is 0.150. The zero-order chi connectivity index (χ0) is 18.9. The van der Waals surface area contributed by atoms with Crippen molar-refractivity contribution in [3.63, 3.8) is 0 Å². The lowest BCUT2D eigenvalue weighted by Crippen LogP contribution is -2.34. The van der Waals surface area contributed by atoms with Crippen molar-refractivity contribution < 1.29 is 17.3 Å². The summed E-state index contributed by atoms with van der Waals surface area (Å²) in [5.74, 6) is 1.40. The van der Waals surface area contributed by atoms with Crippen LogP contribution in [-0.4, -0.2) is 32.8 Å². The average Bonchev–Trinajstić information content (AvgIpc) is 2.80. The molecule has 2 aliphatic rings. The van der Waals surface area contributed by atoms with E-state index < -0.39 is 10.1 Å². The summed E-state index contributed by atoms with van der Waals surface area (Å²) in [5, 5.41) is 0. The lowest BCUT2D eigenvalue weighted by molar-refractivity contribution is 0.414. The number of aliphatic imine (C=N–C) groups is 1. The molecule has 27 heavy (non-hydrogen) atoms. The number of nitrogens with zero attached hydrogens (tertiary/aromatic N) is 2. The number of benzene rings is 2. The molecule has 0 spiro atoms. The average molecular weight is 382 g/mol. The van der Waals surface area contributed by atoms with E-state index in [0.717, 1.165) is 17.7 Å². The number of ether oxygens (including phenoxy) is 1. The molecule has 4 rings (SSSR count). The topological polar surface area (TPSA) is 68.2 Å². The fourth-order valence-electron chi connectivity index (χ4n) is 2.95. The van der Waals surface area contributed by atoms with Crippen molar-refractivity contribution in [3.8, 4) is 11.5 Å². The molecular formula is C20H18N2O4S. The number of rotatable bonds is 4. The molecular weight excluding hydrogens is 364 g/mol. The quantitative estimate of drug-likeness (QED) is 0.758. The number of para-hydroxylation sites is 2. The Morgan fingerprint density at radius 2 is 1.89 bits per heavy atom. The van der Waals surface area contributed by atoms with Gasteiger partial charge in [-0.2, -0.15) is 8.42 Å². The maximum atomic E-state index is 12.6. The van der Waals surface area contributed by atoms with Crippen molar-refractivity contribution in [2.24, 2.45) is 4.99 Å². The van der Waals surface area contributed by atoms with Crippen molar-refractivity contribution in [3.05, 3.63) is 77.4 Å². The van der Waals surface area contributed by atoms with Crippen LogP contribution in [-0.2, 0) is 16.5 Å². The summed E-state index contributed by atoms with van der Waals surface area (Å²) in [6, 6.07) is 14.7. The Hall–Kier alpha value is -3.06. The van der Waals surface area contributed by atoms with Crippen LogP contribution in [0.5, 0.6) is 11.5 Å². The number of allylic oxidation sites excluding steroid dienone is 2. The van der Waals surface area contributed by atoms with E-state index in [1.165, 1.54) is 6.08 Å². The summed E-state index contributed by atoms with van der Waals surface area (Å²) in [6.45, 7) is 0.580. The molecule has 2 heterocycles. The van der Waals surface area contributed by atoms with E-state index in [-0.39, 0.29) is 10.7 Å². The SMILES string of the molecule is COc1ccc(CCN2C=CC=C3C2=Nc2ccccc2OS3(=O)=O)cc1. The van der Waals surface area contributed by atoms with Crippen LogP contribution < -0.4 is 8.92 Å².